The molecule has 0 N–H and O–H groups in total. The molecule has 23 heavy (non-hydrogen) atoms. The van der Waals surface area contributed by atoms with E-state index in [4.69, 9.17) is 4.42 Å². The van der Waals surface area contributed by atoms with E-state index in [9.17, 15) is 9.59 Å². The Morgan fingerprint density at radius 1 is 1.09 bits per heavy atom. The Bertz CT molecular complexity index is 537. The number of likely N-dealkylation sites (tertiary alicyclic amines) is 2. The van der Waals surface area contributed by atoms with E-state index in [2.05, 4.69) is 13.8 Å². The van der Waals surface area contributed by atoms with Crippen LogP contribution in [-0.2, 0) is 4.79 Å². The number of rotatable bonds is 2. The van der Waals surface area contributed by atoms with E-state index >= 15 is 0 Å². The maximum Gasteiger partial charge on any atom is 0.289 e. The first kappa shape index (κ1) is 16.1. The maximum atomic E-state index is 12.8. The molecule has 2 aliphatic rings. The fourth-order valence-corrected chi connectivity index (χ4v) is 3.99. The molecule has 2 saturated heterocycles. The summed E-state index contributed by atoms with van der Waals surface area (Å²) < 4.78 is 5.18. The van der Waals surface area contributed by atoms with Gasteiger partial charge in [-0.15, -0.1) is 0 Å². The van der Waals surface area contributed by atoms with Crippen molar-refractivity contribution in [3.8, 4) is 0 Å². The first-order chi connectivity index (χ1) is 11.0. The second-order valence-corrected chi connectivity index (χ2v) is 7.23. The minimum absolute atomic E-state index is 0.0631. The highest BCUT2D eigenvalue weighted by molar-refractivity contribution is 5.91. The highest BCUT2D eigenvalue weighted by atomic mass is 16.3. The zero-order valence-corrected chi connectivity index (χ0v) is 14.0. The number of carbonyl (C=O) groups excluding carboxylic acids is 2. The second-order valence-electron chi connectivity index (χ2n) is 7.23. The van der Waals surface area contributed by atoms with Gasteiger partial charge in [0.15, 0.2) is 5.76 Å². The summed E-state index contributed by atoms with van der Waals surface area (Å²) in [7, 11) is 0. The van der Waals surface area contributed by atoms with E-state index in [0.29, 0.717) is 30.7 Å². The van der Waals surface area contributed by atoms with Gasteiger partial charge in [-0.25, -0.2) is 0 Å². The number of amides is 2. The Morgan fingerprint density at radius 3 is 2.30 bits per heavy atom. The van der Waals surface area contributed by atoms with Gasteiger partial charge in [0.1, 0.15) is 0 Å². The van der Waals surface area contributed by atoms with Gasteiger partial charge in [-0.05, 0) is 43.2 Å². The Balaban J connectivity index is 1.54. The number of hydrogen-bond donors (Lipinski definition) is 0. The molecule has 0 spiro atoms. The number of hydrogen-bond acceptors (Lipinski definition) is 3. The van der Waals surface area contributed by atoms with E-state index in [1.54, 1.807) is 17.0 Å². The lowest BCUT2D eigenvalue weighted by Crippen LogP contribution is -2.48. The molecule has 0 aromatic carbocycles. The SMILES string of the molecule is C[C@H]1C[C@H](C)CN(C(=O)C2CCN(C(=O)c3ccco3)CC2)C1. The van der Waals surface area contributed by atoms with Crippen molar-refractivity contribution in [3.63, 3.8) is 0 Å². The van der Waals surface area contributed by atoms with Gasteiger partial charge in [0.2, 0.25) is 5.91 Å². The van der Waals surface area contributed by atoms with Crippen molar-refractivity contribution in [3.05, 3.63) is 24.2 Å². The monoisotopic (exact) mass is 318 g/mol. The summed E-state index contributed by atoms with van der Waals surface area (Å²) in [5.41, 5.74) is 0. The van der Waals surface area contributed by atoms with Crippen LogP contribution in [0.4, 0.5) is 0 Å². The average Bonchev–Trinajstić information content (AvgIpc) is 3.07. The van der Waals surface area contributed by atoms with Crippen LogP contribution < -0.4 is 0 Å². The predicted octanol–water partition coefficient (Wildman–Crippen LogP) is 2.64. The quantitative estimate of drug-likeness (QED) is 0.842. The van der Waals surface area contributed by atoms with Crippen molar-refractivity contribution in [1.29, 1.82) is 0 Å². The van der Waals surface area contributed by atoms with Gasteiger partial charge < -0.3 is 14.2 Å². The molecule has 5 heteroatoms. The van der Waals surface area contributed by atoms with Gasteiger partial charge in [-0.3, -0.25) is 9.59 Å². The average molecular weight is 318 g/mol. The fourth-order valence-electron chi connectivity index (χ4n) is 3.99. The molecular formula is C18H26N2O3. The van der Waals surface area contributed by atoms with Crippen molar-refractivity contribution < 1.29 is 14.0 Å². The van der Waals surface area contributed by atoms with E-state index in [-0.39, 0.29) is 17.7 Å². The summed E-state index contributed by atoms with van der Waals surface area (Å²) in [5, 5.41) is 0. The highest BCUT2D eigenvalue weighted by Crippen LogP contribution is 2.26. The summed E-state index contributed by atoms with van der Waals surface area (Å²) in [6, 6.07) is 3.41. The molecule has 0 saturated carbocycles. The van der Waals surface area contributed by atoms with Crippen molar-refractivity contribution in [2.75, 3.05) is 26.2 Å². The Labute approximate surface area is 137 Å². The van der Waals surface area contributed by atoms with Crippen LogP contribution in [0.2, 0.25) is 0 Å². The Hall–Kier alpha value is -1.78. The van der Waals surface area contributed by atoms with Gasteiger partial charge in [0.25, 0.3) is 5.91 Å². The van der Waals surface area contributed by atoms with Crippen molar-refractivity contribution in [2.45, 2.75) is 33.1 Å². The molecule has 0 radical (unpaired) electrons. The molecule has 0 unspecified atom stereocenters. The van der Waals surface area contributed by atoms with Crippen LogP contribution in [0.1, 0.15) is 43.7 Å². The topological polar surface area (TPSA) is 53.8 Å². The highest BCUT2D eigenvalue weighted by Gasteiger charge is 2.33. The lowest BCUT2D eigenvalue weighted by atomic mass is 9.89. The Kier molecular flexibility index (Phi) is 4.74. The lowest BCUT2D eigenvalue weighted by molar-refractivity contribution is -0.139. The smallest absolute Gasteiger partial charge is 0.289 e. The zero-order valence-electron chi connectivity index (χ0n) is 14.0. The molecule has 1 aromatic heterocycles. The lowest BCUT2D eigenvalue weighted by Gasteiger charge is -2.39. The molecule has 0 aliphatic carbocycles. The molecule has 2 aliphatic heterocycles. The minimum Gasteiger partial charge on any atom is -0.459 e. The fraction of sp³-hybridized carbons (Fsp3) is 0.667. The Morgan fingerprint density at radius 2 is 1.74 bits per heavy atom. The van der Waals surface area contributed by atoms with E-state index in [1.807, 2.05) is 4.90 Å². The molecule has 2 fully saturated rings. The second kappa shape index (κ2) is 6.77. The van der Waals surface area contributed by atoms with Crippen LogP contribution in [0, 0.1) is 17.8 Å². The summed E-state index contributed by atoms with van der Waals surface area (Å²) >= 11 is 0. The normalized spacial score (nSPS) is 26.3. The number of carbonyl (C=O) groups is 2. The van der Waals surface area contributed by atoms with E-state index in [0.717, 1.165) is 25.9 Å². The first-order valence-corrected chi connectivity index (χ1v) is 8.66. The van der Waals surface area contributed by atoms with E-state index in [1.165, 1.54) is 12.7 Å². The van der Waals surface area contributed by atoms with Gasteiger partial charge in [-0.2, -0.15) is 0 Å². The van der Waals surface area contributed by atoms with Gasteiger partial charge in [-0.1, -0.05) is 13.8 Å². The molecule has 2 amide bonds. The van der Waals surface area contributed by atoms with Gasteiger partial charge in [0.05, 0.1) is 6.26 Å². The molecule has 3 rings (SSSR count). The van der Waals surface area contributed by atoms with Crippen molar-refractivity contribution >= 4 is 11.8 Å². The number of nitrogens with zero attached hydrogens (tertiary/aromatic N) is 2. The zero-order chi connectivity index (χ0) is 16.4. The third-order valence-corrected chi connectivity index (χ3v) is 5.04. The summed E-state index contributed by atoms with van der Waals surface area (Å²) in [4.78, 5) is 28.9. The molecule has 126 valence electrons. The van der Waals surface area contributed by atoms with Crippen LogP contribution >= 0.6 is 0 Å². The molecule has 3 heterocycles. The van der Waals surface area contributed by atoms with Crippen molar-refractivity contribution in [2.24, 2.45) is 17.8 Å². The summed E-state index contributed by atoms with van der Waals surface area (Å²) in [6.45, 7) is 7.48. The number of furan rings is 1. The third-order valence-electron chi connectivity index (χ3n) is 5.04. The van der Waals surface area contributed by atoms with Crippen LogP contribution in [0.5, 0.6) is 0 Å². The molecule has 0 bridgehead atoms. The van der Waals surface area contributed by atoms with Gasteiger partial charge in [0, 0.05) is 32.1 Å². The molecule has 2 atom stereocenters. The van der Waals surface area contributed by atoms with Crippen molar-refractivity contribution in [1.82, 2.24) is 9.80 Å². The standard InChI is InChI=1S/C18H26N2O3/c1-13-10-14(2)12-20(11-13)17(21)15-5-7-19(8-6-15)18(22)16-4-3-9-23-16/h3-4,9,13-15H,5-8,10-12H2,1-2H3/t13-,14-/m0/s1. The van der Waals surface area contributed by atoms with Crippen LogP contribution in [0.3, 0.4) is 0 Å². The summed E-state index contributed by atoms with van der Waals surface area (Å²) in [5.74, 6) is 1.84. The third kappa shape index (κ3) is 3.59. The predicted molar refractivity (Wildman–Crippen MR) is 86.9 cm³/mol. The van der Waals surface area contributed by atoms with Crippen LogP contribution in [0.25, 0.3) is 0 Å². The minimum atomic E-state index is -0.0684. The maximum absolute atomic E-state index is 12.8. The van der Waals surface area contributed by atoms with Crippen LogP contribution in [-0.4, -0.2) is 47.8 Å². The van der Waals surface area contributed by atoms with E-state index < -0.39 is 0 Å². The first-order valence-electron chi connectivity index (χ1n) is 8.66. The molecule has 1 aromatic rings. The summed E-state index contributed by atoms with van der Waals surface area (Å²) in [6.07, 6.45) is 4.23. The molecule has 5 nitrogen and oxygen atoms in total. The largest absolute Gasteiger partial charge is 0.459 e. The molecular weight excluding hydrogens is 292 g/mol. The van der Waals surface area contributed by atoms with Crippen LogP contribution in [0.15, 0.2) is 22.8 Å². The van der Waals surface area contributed by atoms with Gasteiger partial charge >= 0.3 is 0 Å². The number of piperidine rings is 2.